The van der Waals surface area contributed by atoms with Crippen molar-refractivity contribution in [2.24, 2.45) is 7.05 Å². The minimum atomic E-state index is -0.598. The number of pyridine rings is 1. The summed E-state index contributed by atoms with van der Waals surface area (Å²) in [7, 11) is 1.61. The number of carbonyl (C=O) groups excluding carboxylic acids is 1. The normalized spacial score (nSPS) is 10.5. The molecule has 19 heavy (non-hydrogen) atoms. The molecule has 0 saturated carbocycles. The summed E-state index contributed by atoms with van der Waals surface area (Å²) in [6.45, 7) is -1.08. The predicted molar refractivity (Wildman–Crippen MR) is 65.6 cm³/mol. The molecule has 2 aromatic rings. The van der Waals surface area contributed by atoms with E-state index in [0.29, 0.717) is 11.3 Å². The van der Waals surface area contributed by atoms with Crippen molar-refractivity contribution in [1.29, 1.82) is 0 Å². The number of rotatable bonds is 5. The monoisotopic (exact) mass is 263 g/mol. The molecule has 2 N–H and O–H groups in total. The quantitative estimate of drug-likeness (QED) is 0.581. The number of aryl methyl sites for hydroxylation is 1. The number of ether oxygens (including phenoxy) is 1. The number of Topliss-reactive ketones (excluding diaryl/α,β-unsaturated/α-hetero) is 1. The predicted octanol–water partition coefficient (Wildman–Crippen LogP) is -0.0143. The molecule has 0 unspecified atom stereocenters. The Hall–Kier alpha value is -2.25. The molecule has 2 aromatic heterocycles. The van der Waals surface area contributed by atoms with Gasteiger partial charge in [0.25, 0.3) is 0 Å². The lowest BCUT2D eigenvalue weighted by molar-refractivity contribution is 0.0893. The Morgan fingerprint density at radius 2 is 2.21 bits per heavy atom. The fourth-order valence-electron chi connectivity index (χ4n) is 1.74. The molecule has 0 fully saturated rings. The summed E-state index contributed by atoms with van der Waals surface area (Å²) in [4.78, 5) is 15.8. The zero-order chi connectivity index (χ0) is 13.8. The van der Waals surface area contributed by atoms with Crippen LogP contribution < -0.4 is 4.74 Å². The minimum absolute atomic E-state index is 0.242. The summed E-state index contributed by atoms with van der Waals surface area (Å²) in [6, 6.07) is 4.96. The highest BCUT2D eigenvalue weighted by Crippen LogP contribution is 2.23. The van der Waals surface area contributed by atoms with Crippen LogP contribution in [0.4, 0.5) is 0 Å². The van der Waals surface area contributed by atoms with Gasteiger partial charge >= 0.3 is 0 Å². The van der Waals surface area contributed by atoms with E-state index < -0.39 is 19.2 Å². The lowest BCUT2D eigenvalue weighted by Crippen LogP contribution is -2.12. The lowest BCUT2D eigenvalue weighted by Gasteiger charge is -2.05. The van der Waals surface area contributed by atoms with Crippen LogP contribution in [0.1, 0.15) is 10.5 Å². The van der Waals surface area contributed by atoms with Crippen molar-refractivity contribution in [2.45, 2.75) is 0 Å². The summed E-state index contributed by atoms with van der Waals surface area (Å²) < 4.78 is 6.27. The molecule has 0 aliphatic rings. The maximum Gasteiger partial charge on any atom is 0.215 e. The van der Waals surface area contributed by atoms with Crippen LogP contribution in [0.2, 0.25) is 0 Å². The van der Waals surface area contributed by atoms with Crippen LogP contribution in [0.15, 0.2) is 24.4 Å². The van der Waals surface area contributed by atoms with Gasteiger partial charge in [-0.1, -0.05) is 6.07 Å². The summed E-state index contributed by atoms with van der Waals surface area (Å²) in [5, 5.41) is 21.7. The van der Waals surface area contributed by atoms with Crippen LogP contribution in [0.3, 0.4) is 0 Å². The van der Waals surface area contributed by atoms with E-state index in [0.717, 1.165) is 0 Å². The second kappa shape index (κ2) is 5.59. The van der Waals surface area contributed by atoms with Gasteiger partial charge in [-0.05, 0) is 6.07 Å². The van der Waals surface area contributed by atoms with Crippen LogP contribution >= 0.6 is 0 Å². The van der Waals surface area contributed by atoms with Crippen LogP contribution in [0, 0.1) is 0 Å². The number of aromatic nitrogens is 3. The fourth-order valence-corrected chi connectivity index (χ4v) is 1.74. The van der Waals surface area contributed by atoms with Crippen LogP contribution in [0.5, 0.6) is 5.88 Å². The highest BCUT2D eigenvalue weighted by molar-refractivity contribution is 6.01. The zero-order valence-corrected chi connectivity index (χ0v) is 10.3. The molecule has 2 rings (SSSR count). The summed E-state index contributed by atoms with van der Waals surface area (Å²) in [5.41, 5.74) is 1.26. The molecule has 0 aromatic carbocycles. The molecule has 100 valence electrons. The first-order valence-electron chi connectivity index (χ1n) is 5.54. The Labute approximate surface area is 109 Å². The fraction of sp³-hybridized carbons (Fsp3) is 0.250. The van der Waals surface area contributed by atoms with Gasteiger partial charge in [0.1, 0.15) is 12.3 Å². The van der Waals surface area contributed by atoms with E-state index >= 15 is 0 Å². The van der Waals surface area contributed by atoms with Crippen LogP contribution in [0.25, 0.3) is 11.3 Å². The first kappa shape index (κ1) is 13.2. The van der Waals surface area contributed by atoms with Crippen LogP contribution in [-0.4, -0.2) is 44.2 Å². The van der Waals surface area contributed by atoms with Gasteiger partial charge < -0.3 is 14.9 Å². The molecular formula is C12H13N3O4. The molecule has 0 saturated heterocycles. The van der Waals surface area contributed by atoms with Gasteiger partial charge in [-0.25, -0.2) is 4.98 Å². The van der Waals surface area contributed by atoms with Gasteiger partial charge in [-0.15, -0.1) is 0 Å². The Bertz CT molecular complexity index is 594. The molecule has 2 heterocycles. The highest BCUT2D eigenvalue weighted by atomic mass is 16.6. The van der Waals surface area contributed by atoms with E-state index in [2.05, 4.69) is 10.1 Å². The van der Waals surface area contributed by atoms with E-state index in [-0.39, 0.29) is 11.6 Å². The molecule has 0 radical (unpaired) electrons. The number of nitrogens with zero attached hydrogens (tertiary/aromatic N) is 3. The smallest absolute Gasteiger partial charge is 0.215 e. The highest BCUT2D eigenvalue weighted by Gasteiger charge is 2.18. The molecule has 7 nitrogen and oxygen atoms in total. The molecule has 0 aliphatic carbocycles. The van der Waals surface area contributed by atoms with Gasteiger partial charge in [-0.3, -0.25) is 9.48 Å². The molecular weight excluding hydrogens is 250 g/mol. The Kier molecular flexibility index (Phi) is 3.88. The first-order valence-corrected chi connectivity index (χ1v) is 5.54. The zero-order valence-electron chi connectivity index (χ0n) is 10.3. The average Bonchev–Trinajstić information content (AvgIpc) is 2.80. The molecule has 0 spiro atoms. The van der Waals surface area contributed by atoms with Crippen molar-refractivity contribution < 1.29 is 19.7 Å². The van der Waals surface area contributed by atoms with Crippen molar-refractivity contribution in [3.8, 4) is 17.1 Å². The number of aliphatic hydroxyl groups excluding tert-OH is 2. The lowest BCUT2D eigenvalue weighted by atomic mass is 10.1. The summed E-state index contributed by atoms with van der Waals surface area (Å²) in [5.74, 6) is -0.198. The van der Waals surface area contributed by atoms with Gasteiger partial charge in [0.05, 0.1) is 11.9 Å². The van der Waals surface area contributed by atoms with E-state index in [1.807, 2.05) is 0 Å². The number of hydrogen-bond donors (Lipinski definition) is 2. The number of aliphatic hydroxyl groups is 2. The summed E-state index contributed by atoms with van der Waals surface area (Å²) >= 11 is 0. The topological polar surface area (TPSA) is 97.5 Å². The maximum absolute atomic E-state index is 11.7. The molecule has 0 amide bonds. The third-order valence-electron chi connectivity index (χ3n) is 2.56. The second-order valence-electron chi connectivity index (χ2n) is 3.75. The molecule has 7 heteroatoms. The van der Waals surface area contributed by atoms with E-state index in [4.69, 9.17) is 14.9 Å². The van der Waals surface area contributed by atoms with Gasteiger partial charge in [0.2, 0.25) is 11.7 Å². The van der Waals surface area contributed by atoms with Crippen molar-refractivity contribution >= 4 is 5.78 Å². The molecule has 0 aliphatic heterocycles. The molecule has 0 atom stereocenters. The minimum Gasteiger partial charge on any atom is -0.451 e. The van der Waals surface area contributed by atoms with Gasteiger partial charge in [0, 0.05) is 18.7 Å². The standard InChI is InChI=1S/C12H13N3O4/c1-15-12(10(18)6-16)8(5-13-15)9-3-2-4-11(14-9)19-7-17/h2-5,16-17H,6-7H2,1H3. The average molecular weight is 263 g/mol. The second-order valence-corrected chi connectivity index (χ2v) is 3.75. The Morgan fingerprint density at radius 3 is 2.89 bits per heavy atom. The van der Waals surface area contributed by atoms with Gasteiger partial charge in [0.15, 0.2) is 6.79 Å². The van der Waals surface area contributed by atoms with Crippen LogP contribution in [-0.2, 0) is 7.05 Å². The number of hydrogen-bond acceptors (Lipinski definition) is 6. The van der Waals surface area contributed by atoms with Gasteiger partial charge in [-0.2, -0.15) is 5.10 Å². The van der Waals surface area contributed by atoms with Crippen molar-refractivity contribution in [3.05, 3.63) is 30.1 Å². The number of ketones is 1. The van der Waals surface area contributed by atoms with Crippen molar-refractivity contribution in [2.75, 3.05) is 13.4 Å². The van der Waals surface area contributed by atoms with E-state index in [9.17, 15) is 4.79 Å². The van der Waals surface area contributed by atoms with Crippen molar-refractivity contribution in [1.82, 2.24) is 14.8 Å². The third-order valence-corrected chi connectivity index (χ3v) is 2.56. The maximum atomic E-state index is 11.7. The SMILES string of the molecule is Cn1ncc(-c2cccc(OCO)n2)c1C(=O)CO. The Balaban J connectivity index is 2.47. The third kappa shape index (κ3) is 2.61. The number of carbonyl (C=O) groups is 1. The van der Waals surface area contributed by atoms with Crippen molar-refractivity contribution in [3.63, 3.8) is 0 Å². The van der Waals surface area contributed by atoms with E-state index in [1.165, 1.54) is 10.9 Å². The Morgan fingerprint density at radius 1 is 1.42 bits per heavy atom. The summed E-state index contributed by atoms with van der Waals surface area (Å²) in [6.07, 6.45) is 1.49. The van der Waals surface area contributed by atoms with E-state index in [1.54, 1.807) is 25.2 Å². The first-order chi connectivity index (χ1) is 9.17. The molecule has 0 bridgehead atoms. The largest absolute Gasteiger partial charge is 0.451 e.